The third kappa shape index (κ3) is 5.91. The molecule has 2 nitrogen and oxygen atoms in total. The number of hydrogen-bond donors (Lipinski definition) is 1. The van der Waals surface area contributed by atoms with Gasteiger partial charge >= 0.3 is 0 Å². The summed E-state index contributed by atoms with van der Waals surface area (Å²) >= 11 is 0. The Kier molecular flexibility index (Phi) is 8.20. The van der Waals surface area contributed by atoms with E-state index in [4.69, 9.17) is 5.73 Å². The van der Waals surface area contributed by atoms with E-state index in [9.17, 15) is 0 Å². The molecule has 0 saturated heterocycles. The topological polar surface area (TPSA) is 29.3 Å². The van der Waals surface area contributed by atoms with Gasteiger partial charge in [-0.3, -0.25) is 0 Å². The van der Waals surface area contributed by atoms with E-state index in [-0.39, 0.29) is 12.4 Å². The predicted molar refractivity (Wildman–Crippen MR) is 114 cm³/mol. The van der Waals surface area contributed by atoms with Crippen LogP contribution in [-0.2, 0) is 19.5 Å². The van der Waals surface area contributed by atoms with Crippen LogP contribution in [0.4, 0.5) is 5.69 Å². The summed E-state index contributed by atoms with van der Waals surface area (Å²) in [6.07, 6.45) is 3.02. The van der Waals surface area contributed by atoms with Crippen molar-refractivity contribution >= 4 is 18.1 Å². The molecule has 3 rings (SSSR count). The maximum atomic E-state index is 5.56. The SMILES string of the molecule is Cl.NC[CH]Cc1ccc(N(Cc2ccccc2)Cc2ccccc2)cc1. The molecule has 0 unspecified atom stereocenters. The lowest BCUT2D eigenvalue weighted by atomic mass is 10.1. The summed E-state index contributed by atoms with van der Waals surface area (Å²) < 4.78 is 0. The molecular formula is C23H26ClN2. The van der Waals surface area contributed by atoms with Crippen molar-refractivity contribution in [3.05, 3.63) is 108 Å². The van der Waals surface area contributed by atoms with Crippen molar-refractivity contribution in [2.24, 2.45) is 5.73 Å². The maximum Gasteiger partial charge on any atom is 0.0433 e. The van der Waals surface area contributed by atoms with Crippen LogP contribution in [-0.4, -0.2) is 6.54 Å². The second kappa shape index (κ2) is 10.6. The second-order valence-corrected chi connectivity index (χ2v) is 6.22. The standard InChI is InChI=1S/C23H25N2.ClH/c24-17-7-12-20-13-15-23(16-14-20)25(18-21-8-3-1-4-9-21)19-22-10-5-2-6-11-22;/h1-11,13-16H,12,17-19,24H2;1H. The van der Waals surface area contributed by atoms with Gasteiger partial charge in [-0.2, -0.15) is 0 Å². The molecule has 3 aromatic rings. The Hall–Kier alpha value is -2.29. The van der Waals surface area contributed by atoms with Crippen LogP contribution in [0.3, 0.4) is 0 Å². The van der Waals surface area contributed by atoms with E-state index >= 15 is 0 Å². The summed E-state index contributed by atoms with van der Waals surface area (Å²) in [5.41, 5.74) is 10.7. The molecule has 135 valence electrons. The Morgan fingerprint density at radius 2 is 1.15 bits per heavy atom. The molecule has 0 saturated carbocycles. The monoisotopic (exact) mass is 365 g/mol. The Balaban J connectivity index is 0.00000243. The molecular weight excluding hydrogens is 340 g/mol. The van der Waals surface area contributed by atoms with Gasteiger partial charge in [-0.05, 0) is 48.2 Å². The number of halogens is 1. The van der Waals surface area contributed by atoms with Crippen molar-refractivity contribution in [1.82, 2.24) is 0 Å². The molecule has 0 fully saturated rings. The van der Waals surface area contributed by atoms with Crippen molar-refractivity contribution in [1.29, 1.82) is 0 Å². The van der Waals surface area contributed by atoms with Crippen LogP contribution in [0.5, 0.6) is 0 Å². The fourth-order valence-corrected chi connectivity index (χ4v) is 2.94. The third-order valence-electron chi connectivity index (χ3n) is 4.28. The van der Waals surface area contributed by atoms with E-state index in [0.29, 0.717) is 6.54 Å². The van der Waals surface area contributed by atoms with Crippen molar-refractivity contribution < 1.29 is 0 Å². The van der Waals surface area contributed by atoms with Crippen molar-refractivity contribution in [2.45, 2.75) is 19.5 Å². The first-order chi connectivity index (χ1) is 12.3. The number of anilines is 1. The van der Waals surface area contributed by atoms with Gasteiger partial charge < -0.3 is 10.6 Å². The van der Waals surface area contributed by atoms with E-state index in [1.165, 1.54) is 22.4 Å². The highest BCUT2D eigenvalue weighted by Gasteiger charge is 2.08. The second-order valence-electron chi connectivity index (χ2n) is 6.22. The van der Waals surface area contributed by atoms with Crippen LogP contribution in [0.25, 0.3) is 0 Å². The summed E-state index contributed by atoms with van der Waals surface area (Å²) in [7, 11) is 0. The molecule has 3 aromatic carbocycles. The van der Waals surface area contributed by atoms with Crippen LogP contribution in [0, 0.1) is 6.42 Å². The lowest BCUT2D eigenvalue weighted by Crippen LogP contribution is -2.22. The fraction of sp³-hybridized carbons (Fsp3) is 0.174. The first kappa shape index (κ1) is 20.0. The first-order valence-corrected chi connectivity index (χ1v) is 8.78. The maximum absolute atomic E-state index is 5.56. The first-order valence-electron chi connectivity index (χ1n) is 8.78. The zero-order valence-electron chi connectivity index (χ0n) is 14.9. The number of rotatable bonds is 8. The quantitative estimate of drug-likeness (QED) is 0.607. The summed E-state index contributed by atoms with van der Waals surface area (Å²) in [4.78, 5) is 2.42. The summed E-state index contributed by atoms with van der Waals surface area (Å²) in [6, 6.07) is 30.1. The third-order valence-corrected chi connectivity index (χ3v) is 4.28. The van der Waals surface area contributed by atoms with Crippen LogP contribution in [0.15, 0.2) is 84.9 Å². The lowest BCUT2D eigenvalue weighted by Gasteiger charge is -2.25. The van der Waals surface area contributed by atoms with Gasteiger partial charge in [0, 0.05) is 18.8 Å². The smallest absolute Gasteiger partial charge is 0.0433 e. The molecule has 0 bridgehead atoms. The average molecular weight is 366 g/mol. The molecule has 0 heterocycles. The van der Waals surface area contributed by atoms with E-state index in [1.54, 1.807) is 0 Å². The Labute approximate surface area is 163 Å². The number of nitrogens with zero attached hydrogens (tertiary/aromatic N) is 1. The molecule has 0 aliphatic heterocycles. The largest absolute Gasteiger partial charge is 0.363 e. The zero-order valence-corrected chi connectivity index (χ0v) is 15.7. The lowest BCUT2D eigenvalue weighted by molar-refractivity contribution is 0.799. The minimum Gasteiger partial charge on any atom is -0.363 e. The van der Waals surface area contributed by atoms with Gasteiger partial charge in [0.15, 0.2) is 0 Å². The molecule has 1 radical (unpaired) electrons. The van der Waals surface area contributed by atoms with Crippen LogP contribution >= 0.6 is 12.4 Å². The summed E-state index contributed by atoms with van der Waals surface area (Å²) in [5, 5.41) is 0. The number of nitrogens with two attached hydrogens (primary N) is 1. The van der Waals surface area contributed by atoms with Crippen LogP contribution < -0.4 is 10.6 Å². The predicted octanol–water partition coefficient (Wildman–Crippen LogP) is 5.02. The summed E-state index contributed by atoms with van der Waals surface area (Å²) in [6.45, 7) is 2.41. The van der Waals surface area contributed by atoms with Gasteiger partial charge in [-0.25, -0.2) is 0 Å². The molecule has 26 heavy (non-hydrogen) atoms. The Morgan fingerprint density at radius 3 is 1.62 bits per heavy atom. The average Bonchev–Trinajstić information content (AvgIpc) is 2.68. The van der Waals surface area contributed by atoms with Gasteiger partial charge in [0.25, 0.3) is 0 Å². The minimum atomic E-state index is 0. The van der Waals surface area contributed by atoms with Gasteiger partial charge in [-0.15, -0.1) is 12.4 Å². The van der Waals surface area contributed by atoms with Gasteiger partial charge in [-0.1, -0.05) is 72.8 Å². The van der Waals surface area contributed by atoms with E-state index < -0.39 is 0 Å². The van der Waals surface area contributed by atoms with Gasteiger partial charge in [0.1, 0.15) is 0 Å². The molecule has 3 heteroatoms. The Bertz CT molecular complexity index is 701. The minimum absolute atomic E-state index is 0. The molecule has 0 spiro atoms. The molecule has 0 aliphatic carbocycles. The van der Waals surface area contributed by atoms with Crippen molar-refractivity contribution in [3.63, 3.8) is 0 Å². The molecule has 0 amide bonds. The van der Waals surface area contributed by atoms with Crippen LogP contribution in [0.2, 0.25) is 0 Å². The molecule has 0 atom stereocenters. The number of hydrogen-bond acceptors (Lipinski definition) is 2. The van der Waals surface area contributed by atoms with E-state index in [1.807, 2.05) is 0 Å². The zero-order chi connectivity index (χ0) is 17.3. The highest BCUT2D eigenvalue weighted by Crippen LogP contribution is 2.21. The van der Waals surface area contributed by atoms with E-state index in [2.05, 4.69) is 96.2 Å². The van der Waals surface area contributed by atoms with Crippen molar-refractivity contribution in [3.8, 4) is 0 Å². The molecule has 0 aliphatic rings. The highest BCUT2D eigenvalue weighted by molar-refractivity contribution is 5.85. The molecule has 0 aromatic heterocycles. The fourth-order valence-electron chi connectivity index (χ4n) is 2.94. The van der Waals surface area contributed by atoms with Crippen LogP contribution in [0.1, 0.15) is 16.7 Å². The Morgan fingerprint density at radius 1 is 0.654 bits per heavy atom. The van der Waals surface area contributed by atoms with E-state index in [0.717, 1.165) is 19.5 Å². The summed E-state index contributed by atoms with van der Waals surface area (Å²) in [5.74, 6) is 0. The highest BCUT2D eigenvalue weighted by atomic mass is 35.5. The number of benzene rings is 3. The normalized spacial score (nSPS) is 10.2. The van der Waals surface area contributed by atoms with Gasteiger partial charge in [0.05, 0.1) is 0 Å². The van der Waals surface area contributed by atoms with Crippen molar-refractivity contribution in [2.75, 3.05) is 11.4 Å². The molecule has 2 N–H and O–H groups in total. The van der Waals surface area contributed by atoms with Gasteiger partial charge in [0.2, 0.25) is 0 Å².